The first-order valence-electron chi connectivity index (χ1n) is 6.83. The molecule has 0 aliphatic heterocycles. The smallest absolute Gasteiger partial charge is 0.339 e. The summed E-state index contributed by atoms with van der Waals surface area (Å²) in [7, 11) is -3.90. The Morgan fingerprint density at radius 3 is 2.59 bits per heavy atom. The van der Waals surface area contributed by atoms with Crippen molar-refractivity contribution in [2.45, 2.75) is 18.7 Å². The second-order valence-corrected chi connectivity index (χ2v) is 6.65. The maximum atomic E-state index is 12.6. The highest BCUT2D eigenvalue weighted by Gasteiger charge is 2.20. The van der Waals surface area contributed by atoms with Crippen LogP contribution in [0.4, 0.5) is 0 Å². The van der Waals surface area contributed by atoms with Gasteiger partial charge >= 0.3 is 10.1 Å². The van der Waals surface area contributed by atoms with E-state index >= 15 is 0 Å². The molecule has 0 saturated heterocycles. The van der Waals surface area contributed by atoms with Crippen molar-refractivity contribution in [3.05, 3.63) is 65.9 Å². The molecule has 112 valence electrons. The van der Waals surface area contributed by atoms with Crippen molar-refractivity contribution in [3.63, 3.8) is 0 Å². The zero-order valence-electron chi connectivity index (χ0n) is 12.3. The molecule has 3 rings (SSSR count). The van der Waals surface area contributed by atoms with Gasteiger partial charge in [0.2, 0.25) is 0 Å². The van der Waals surface area contributed by atoms with Crippen LogP contribution >= 0.6 is 0 Å². The van der Waals surface area contributed by atoms with Gasteiger partial charge in [-0.1, -0.05) is 30.3 Å². The third-order valence-corrected chi connectivity index (χ3v) is 4.79. The van der Waals surface area contributed by atoms with Gasteiger partial charge in [0.1, 0.15) is 10.4 Å². The van der Waals surface area contributed by atoms with E-state index in [1.165, 1.54) is 0 Å². The van der Waals surface area contributed by atoms with E-state index in [-0.39, 0.29) is 10.6 Å². The molecule has 0 saturated carbocycles. The Kier molecular flexibility index (Phi) is 3.58. The molecule has 1 aromatic heterocycles. The van der Waals surface area contributed by atoms with E-state index in [0.29, 0.717) is 11.1 Å². The molecular weight excluding hydrogens is 298 g/mol. The standard InChI is InChI=1S/C17H15NO3S/c1-12-8-9-13(2)16(11-12)22(19,20)21-15-7-3-5-14-6-4-10-18-17(14)15/h3-11H,1-2H3. The van der Waals surface area contributed by atoms with Crippen LogP contribution in [0.1, 0.15) is 11.1 Å². The summed E-state index contributed by atoms with van der Waals surface area (Å²) in [4.78, 5) is 4.39. The first-order valence-corrected chi connectivity index (χ1v) is 8.24. The lowest BCUT2D eigenvalue weighted by Gasteiger charge is -2.11. The molecule has 0 aliphatic carbocycles. The average Bonchev–Trinajstić information content (AvgIpc) is 2.50. The number of fused-ring (bicyclic) bond motifs is 1. The van der Waals surface area contributed by atoms with Gasteiger partial charge in [-0.15, -0.1) is 0 Å². The van der Waals surface area contributed by atoms with Gasteiger partial charge in [-0.05, 0) is 43.2 Å². The van der Waals surface area contributed by atoms with Crippen LogP contribution in [-0.4, -0.2) is 13.4 Å². The van der Waals surface area contributed by atoms with Crippen molar-refractivity contribution in [2.24, 2.45) is 0 Å². The Hall–Kier alpha value is -2.40. The monoisotopic (exact) mass is 313 g/mol. The van der Waals surface area contributed by atoms with Gasteiger partial charge in [-0.2, -0.15) is 8.42 Å². The minimum absolute atomic E-state index is 0.181. The van der Waals surface area contributed by atoms with Crippen LogP contribution in [0.3, 0.4) is 0 Å². The number of para-hydroxylation sites is 1. The van der Waals surface area contributed by atoms with Crippen molar-refractivity contribution >= 4 is 21.0 Å². The van der Waals surface area contributed by atoms with E-state index in [4.69, 9.17) is 4.18 Å². The highest BCUT2D eigenvalue weighted by molar-refractivity contribution is 7.87. The summed E-state index contributed by atoms with van der Waals surface area (Å²) < 4.78 is 30.5. The van der Waals surface area contributed by atoms with E-state index in [2.05, 4.69) is 4.98 Å². The molecule has 0 spiro atoms. The second kappa shape index (κ2) is 5.42. The van der Waals surface area contributed by atoms with Crippen LogP contribution in [0.2, 0.25) is 0 Å². The third-order valence-electron chi connectivity index (χ3n) is 3.41. The van der Waals surface area contributed by atoms with Crippen molar-refractivity contribution in [1.29, 1.82) is 0 Å². The maximum Gasteiger partial charge on any atom is 0.339 e. The van der Waals surface area contributed by atoms with Gasteiger partial charge in [0.05, 0.1) is 0 Å². The molecule has 3 aromatic rings. The van der Waals surface area contributed by atoms with Gasteiger partial charge in [-0.25, -0.2) is 0 Å². The zero-order valence-corrected chi connectivity index (χ0v) is 13.1. The summed E-state index contributed by atoms with van der Waals surface area (Å²) >= 11 is 0. The number of nitrogens with zero attached hydrogens (tertiary/aromatic N) is 1. The molecule has 0 fully saturated rings. The predicted molar refractivity (Wildman–Crippen MR) is 85.5 cm³/mol. The zero-order chi connectivity index (χ0) is 15.7. The summed E-state index contributed by atoms with van der Waals surface area (Å²) in [5, 5.41) is 0.830. The lowest BCUT2D eigenvalue weighted by molar-refractivity contribution is 0.487. The molecule has 0 aliphatic rings. The quantitative estimate of drug-likeness (QED) is 0.693. The minimum atomic E-state index is -3.90. The van der Waals surface area contributed by atoms with E-state index in [1.807, 2.05) is 25.1 Å². The fourth-order valence-corrected chi connectivity index (χ4v) is 3.54. The second-order valence-electron chi connectivity index (χ2n) is 5.14. The van der Waals surface area contributed by atoms with E-state index < -0.39 is 10.1 Å². The molecule has 0 atom stereocenters. The molecule has 0 amide bonds. The largest absolute Gasteiger partial charge is 0.377 e. The highest BCUT2D eigenvalue weighted by atomic mass is 32.2. The molecule has 0 bridgehead atoms. The lowest BCUT2D eigenvalue weighted by Crippen LogP contribution is -2.12. The minimum Gasteiger partial charge on any atom is -0.377 e. The number of hydrogen-bond acceptors (Lipinski definition) is 4. The third kappa shape index (κ3) is 2.67. The van der Waals surface area contributed by atoms with Crippen molar-refractivity contribution < 1.29 is 12.6 Å². The van der Waals surface area contributed by atoms with Crippen molar-refractivity contribution in [3.8, 4) is 5.75 Å². The number of aromatic nitrogens is 1. The molecule has 22 heavy (non-hydrogen) atoms. The molecule has 4 nitrogen and oxygen atoms in total. The van der Waals surface area contributed by atoms with E-state index in [0.717, 1.165) is 10.9 Å². The van der Waals surface area contributed by atoms with Crippen LogP contribution in [-0.2, 0) is 10.1 Å². The average molecular weight is 313 g/mol. The van der Waals surface area contributed by atoms with Gasteiger partial charge in [-0.3, -0.25) is 4.98 Å². The highest BCUT2D eigenvalue weighted by Crippen LogP contribution is 2.27. The molecule has 0 radical (unpaired) electrons. The molecule has 0 N–H and O–H groups in total. The first kappa shape index (κ1) is 14.5. The van der Waals surface area contributed by atoms with Crippen LogP contribution in [0.15, 0.2) is 59.6 Å². The van der Waals surface area contributed by atoms with Crippen molar-refractivity contribution in [1.82, 2.24) is 4.98 Å². The molecule has 0 unspecified atom stereocenters. The Labute approximate surface area is 129 Å². The normalized spacial score (nSPS) is 11.5. The van der Waals surface area contributed by atoms with Gasteiger partial charge in [0.25, 0.3) is 0 Å². The first-order chi connectivity index (χ1) is 10.5. The van der Waals surface area contributed by atoms with Crippen LogP contribution < -0.4 is 4.18 Å². The topological polar surface area (TPSA) is 56.3 Å². The number of aryl methyl sites for hydroxylation is 2. The Balaban J connectivity index is 2.09. The SMILES string of the molecule is Cc1ccc(C)c(S(=O)(=O)Oc2cccc3cccnc23)c1. The summed E-state index contributed by atoms with van der Waals surface area (Å²) in [6.45, 7) is 3.59. The number of pyridine rings is 1. The van der Waals surface area contributed by atoms with Gasteiger partial charge in [0.15, 0.2) is 5.75 Å². The Morgan fingerprint density at radius 2 is 1.77 bits per heavy atom. The predicted octanol–water partition coefficient (Wildman–Crippen LogP) is 3.62. The summed E-state index contributed by atoms with van der Waals surface area (Å²) in [6, 6.07) is 14.1. The van der Waals surface area contributed by atoms with E-state index in [9.17, 15) is 8.42 Å². The molecule has 2 aromatic carbocycles. The molecule has 1 heterocycles. The summed E-state index contributed by atoms with van der Waals surface area (Å²) in [5.74, 6) is 0.235. The summed E-state index contributed by atoms with van der Waals surface area (Å²) in [6.07, 6.45) is 1.61. The number of rotatable bonds is 3. The fourth-order valence-electron chi connectivity index (χ4n) is 2.28. The fraction of sp³-hybridized carbons (Fsp3) is 0.118. The van der Waals surface area contributed by atoms with Gasteiger partial charge < -0.3 is 4.18 Å². The maximum absolute atomic E-state index is 12.6. The van der Waals surface area contributed by atoms with Crippen LogP contribution in [0.25, 0.3) is 10.9 Å². The molecular formula is C17H15NO3S. The number of hydrogen-bond donors (Lipinski definition) is 0. The Morgan fingerprint density at radius 1 is 1.00 bits per heavy atom. The molecule has 5 heteroatoms. The number of benzene rings is 2. The van der Waals surface area contributed by atoms with E-state index in [1.54, 1.807) is 43.5 Å². The Bertz CT molecular complexity index is 944. The van der Waals surface area contributed by atoms with Crippen molar-refractivity contribution in [2.75, 3.05) is 0 Å². The van der Waals surface area contributed by atoms with Gasteiger partial charge in [0, 0.05) is 11.6 Å². The summed E-state index contributed by atoms with van der Waals surface area (Å²) in [5.41, 5.74) is 2.04. The van der Waals surface area contributed by atoms with Crippen LogP contribution in [0.5, 0.6) is 5.75 Å². The lowest BCUT2D eigenvalue weighted by atomic mass is 10.2. The van der Waals surface area contributed by atoms with Crippen LogP contribution in [0, 0.1) is 13.8 Å².